The minimum Gasteiger partial charge on any atom is -0.465 e. The fraction of sp³-hybridized carbons (Fsp3) is 0.765. The molecule has 1 aliphatic heterocycles. The van der Waals surface area contributed by atoms with Crippen molar-refractivity contribution in [3.05, 3.63) is 23.8 Å². The first-order valence-corrected chi connectivity index (χ1v) is 21.5. The van der Waals surface area contributed by atoms with Crippen molar-refractivity contribution in [2.45, 2.75) is 124 Å². The normalized spacial score (nSPS) is 24.6. The molecule has 1 aromatic heterocycles. The Morgan fingerprint density at radius 2 is 1.88 bits per heavy atom. The lowest BCUT2D eigenvalue weighted by molar-refractivity contribution is -0.143. The third kappa shape index (κ3) is 12.4. The maximum absolute atomic E-state index is 13.3. The van der Waals surface area contributed by atoms with Gasteiger partial charge in [0.25, 0.3) is 20.0 Å². The van der Waals surface area contributed by atoms with Gasteiger partial charge < -0.3 is 30.1 Å². The fourth-order valence-corrected chi connectivity index (χ4v) is 11.4. The van der Waals surface area contributed by atoms with E-state index in [0.29, 0.717) is 75.0 Å². The summed E-state index contributed by atoms with van der Waals surface area (Å²) in [6, 6.07) is 1.03. The zero-order chi connectivity index (χ0) is 36.7. The largest absolute Gasteiger partial charge is 0.465 e. The Morgan fingerprint density at radius 1 is 1.12 bits per heavy atom. The monoisotopic (exact) mass is 763 g/mol. The lowest BCUT2D eigenvalue weighted by atomic mass is 9.85. The summed E-state index contributed by atoms with van der Waals surface area (Å²) in [5.41, 5.74) is 0.422. The first-order chi connectivity index (χ1) is 23.8. The van der Waals surface area contributed by atoms with Crippen LogP contribution in [-0.2, 0) is 34.3 Å². The lowest BCUT2D eigenvalue weighted by Crippen LogP contribution is -2.43. The number of hydrogen-bond donors (Lipinski definition) is 4. The average molecular weight is 764 g/mol. The predicted molar refractivity (Wildman–Crippen MR) is 193 cm³/mol. The molecule has 0 saturated heterocycles. The van der Waals surface area contributed by atoms with Gasteiger partial charge in [-0.1, -0.05) is 38.8 Å². The second-order valence-corrected chi connectivity index (χ2v) is 18.1. The topological polar surface area (TPSA) is 192 Å². The number of hydrogen-bond acceptors (Lipinski definition) is 12. The molecule has 286 valence electrons. The Kier molecular flexibility index (Phi) is 18.0. The summed E-state index contributed by atoms with van der Waals surface area (Å²) >= 11 is 0.691. The highest BCUT2D eigenvalue weighted by Gasteiger charge is 2.41. The molecule has 2 aliphatic rings. The van der Waals surface area contributed by atoms with Gasteiger partial charge in [0.2, 0.25) is 0 Å². The van der Waals surface area contributed by atoms with Crippen molar-refractivity contribution < 1.29 is 46.4 Å². The molecule has 0 amide bonds. The molecule has 50 heavy (non-hydrogen) atoms. The first-order valence-electron chi connectivity index (χ1n) is 17.8. The van der Waals surface area contributed by atoms with Crippen molar-refractivity contribution in [2.75, 3.05) is 40.0 Å². The smallest absolute Gasteiger partial charge is 0.305 e. The standard InChI is InChI=1S/C34H57N3O10S3/c1-4-6-13-25(38)16-17-27-26(30(39)23-31(27)40)14-9-7-8-10-15-32(41)47-21-11-18-36-49(42,43)33-22-28-29(35-5-2)24-37(19-12-20-46-3)50(44,45)34(28)48-33/h7,9,18,22,25-27,29-31,35,38-40H,4-6,8,10-17,19-21,23-24H2,1-3H3/b9-7-,36-18+/t25-,26+,27+,29-,30-,31+/m0/s1. The maximum Gasteiger partial charge on any atom is 0.305 e. The predicted octanol–water partition coefficient (Wildman–Crippen LogP) is 3.94. The number of carbonyl (C=O) groups is 1. The van der Waals surface area contributed by atoms with Gasteiger partial charge in [0.15, 0.2) is 0 Å². The lowest BCUT2D eigenvalue weighted by Gasteiger charge is -2.32. The van der Waals surface area contributed by atoms with E-state index in [1.807, 2.05) is 19.1 Å². The van der Waals surface area contributed by atoms with Crippen molar-refractivity contribution in [1.82, 2.24) is 9.62 Å². The Labute approximate surface area is 302 Å². The van der Waals surface area contributed by atoms with Gasteiger partial charge in [0.05, 0.1) is 24.9 Å². The van der Waals surface area contributed by atoms with Crippen LogP contribution in [0, 0.1) is 11.8 Å². The quantitative estimate of drug-likeness (QED) is 0.0547. The Bertz CT molecular complexity index is 1460. The molecular formula is C34H57N3O10S3. The van der Waals surface area contributed by atoms with Crippen LogP contribution in [0.2, 0.25) is 0 Å². The molecule has 13 nitrogen and oxygen atoms in total. The maximum atomic E-state index is 13.3. The minimum absolute atomic E-state index is 0.00214. The molecule has 1 aliphatic carbocycles. The van der Waals surface area contributed by atoms with Crippen LogP contribution in [0.15, 0.2) is 31.0 Å². The van der Waals surface area contributed by atoms with E-state index in [4.69, 9.17) is 9.47 Å². The first kappa shape index (κ1) is 42.7. The van der Waals surface area contributed by atoms with Crippen LogP contribution in [-0.4, -0.2) is 107 Å². The summed E-state index contributed by atoms with van der Waals surface area (Å²) in [5.74, 6) is -0.528. The number of unbranched alkanes of at least 4 members (excludes halogenated alkanes) is 2. The number of thiophene rings is 1. The summed E-state index contributed by atoms with van der Waals surface area (Å²) in [6.07, 6.45) is 10.6. The molecule has 0 aromatic carbocycles. The van der Waals surface area contributed by atoms with Crippen molar-refractivity contribution >= 4 is 43.6 Å². The third-order valence-electron chi connectivity index (χ3n) is 9.29. The highest BCUT2D eigenvalue weighted by Crippen LogP contribution is 2.41. The van der Waals surface area contributed by atoms with Crippen LogP contribution >= 0.6 is 11.3 Å². The second-order valence-electron chi connectivity index (χ2n) is 13.1. The number of allylic oxidation sites excluding steroid dienone is 2. The summed E-state index contributed by atoms with van der Waals surface area (Å²) < 4.78 is 67.7. The van der Waals surface area contributed by atoms with E-state index in [0.717, 1.165) is 25.5 Å². The Hall–Kier alpha value is -1.76. The van der Waals surface area contributed by atoms with E-state index in [2.05, 4.69) is 16.6 Å². The summed E-state index contributed by atoms with van der Waals surface area (Å²) in [4.78, 5) is 12.2. The van der Waals surface area contributed by atoms with E-state index < -0.39 is 38.2 Å². The molecular weight excluding hydrogens is 707 g/mol. The molecule has 3 rings (SSSR count). The molecule has 1 saturated carbocycles. The number of nitrogens with one attached hydrogen (secondary N) is 1. The number of likely N-dealkylation sites (N-methyl/N-ethyl adjacent to an activating group) is 1. The number of fused-ring (bicyclic) bond motifs is 1. The van der Waals surface area contributed by atoms with Gasteiger partial charge in [-0.25, -0.2) is 8.42 Å². The van der Waals surface area contributed by atoms with E-state index in [1.165, 1.54) is 10.4 Å². The number of rotatable bonds is 23. The van der Waals surface area contributed by atoms with Gasteiger partial charge in [0.1, 0.15) is 8.42 Å². The molecule has 1 fully saturated rings. The number of sulfonamides is 2. The minimum atomic E-state index is -4.16. The van der Waals surface area contributed by atoms with Gasteiger partial charge in [-0.2, -0.15) is 17.1 Å². The zero-order valence-electron chi connectivity index (χ0n) is 29.6. The van der Waals surface area contributed by atoms with Gasteiger partial charge in [0, 0.05) is 57.5 Å². The highest BCUT2D eigenvalue weighted by atomic mass is 32.3. The van der Waals surface area contributed by atoms with Gasteiger partial charge in [-0.05, 0) is 75.8 Å². The molecule has 0 spiro atoms. The van der Waals surface area contributed by atoms with Gasteiger partial charge >= 0.3 is 5.97 Å². The molecule has 6 atom stereocenters. The van der Waals surface area contributed by atoms with E-state index in [9.17, 15) is 36.9 Å². The molecule has 0 bridgehead atoms. The molecule has 4 N–H and O–H groups in total. The number of aliphatic hydroxyl groups is 3. The van der Waals surface area contributed by atoms with Crippen molar-refractivity contribution in [2.24, 2.45) is 16.2 Å². The fourth-order valence-electron chi connectivity index (χ4n) is 6.58. The molecule has 0 unspecified atom stereocenters. The molecule has 16 heteroatoms. The zero-order valence-corrected chi connectivity index (χ0v) is 32.1. The van der Waals surface area contributed by atoms with Crippen LogP contribution in [0.1, 0.15) is 103 Å². The Morgan fingerprint density at radius 3 is 2.60 bits per heavy atom. The van der Waals surface area contributed by atoms with Crippen LogP contribution in [0.5, 0.6) is 0 Å². The highest BCUT2D eigenvalue weighted by molar-refractivity contribution is 7.94. The van der Waals surface area contributed by atoms with E-state index in [1.54, 1.807) is 7.11 Å². The van der Waals surface area contributed by atoms with Crippen LogP contribution in [0.25, 0.3) is 0 Å². The number of aliphatic hydroxyl groups excluding tert-OH is 3. The van der Waals surface area contributed by atoms with Crippen molar-refractivity contribution in [3.63, 3.8) is 0 Å². The summed E-state index contributed by atoms with van der Waals surface area (Å²) in [5, 5.41) is 34.4. The number of esters is 1. The van der Waals surface area contributed by atoms with Gasteiger partial charge in [-0.15, -0.1) is 11.3 Å². The second kappa shape index (κ2) is 21.1. The van der Waals surface area contributed by atoms with Crippen LogP contribution in [0.3, 0.4) is 0 Å². The van der Waals surface area contributed by atoms with Crippen molar-refractivity contribution in [1.29, 1.82) is 0 Å². The Balaban J connectivity index is 1.41. The van der Waals surface area contributed by atoms with Crippen LogP contribution < -0.4 is 5.32 Å². The number of carbonyl (C=O) groups excluding carboxylic acids is 1. The summed E-state index contributed by atoms with van der Waals surface area (Å²) in [7, 11) is -6.49. The number of nitrogens with zero attached hydrogens (tertiary/aromatic N) is 2. The van der Waals surface area contributed by atoms with Crippen LogP contribution in [0.4, 0.5) is 0 Å². The average Bonchev–Trinajstić information content (AvgIpc) is 3.65. The molecule has 1 aromatic rings. The SMILES string of the molecule is CCCC[C@H](O)CC[C@@H]1[C@@H](C/C=C\CCCC(=O)OCC/C=N/S(=O)(=O)c2cc3c(s2)S(=O)(=O)N(CCCOC)C[C@@H]3NCC)[C@@H](O)C[C@H]1O. The third-order valence-corrected chi connectivity index (χ3v) is 14.6. The van der Waals surface area contributed by atoms with E-state index >= 15 is 0 Å². The van der Waals surface area contributed by atoms with E-state index in [-0.39, 0.29) is 64.9 Å². The summed E-state index contributed by atoms with van der Waals surface area (Å²) in [6.45, 7) is 5.37. The van der Waals surface area contributed by atoms with Gasteiger partial charge in [-0.3, -0.25) is 4.79 Å². The molecule has 0 radical (unpaired) electrons. The number of methoxy groups -OCH3 is 1. The molecule has 2 heterocycles. The van der Waals surface area contributed by atoms with Crippen molar-refractivity contribution in [3.8, 4) is 0 Å². The number of ether oxygens (including phenoxy) is 2.